The lowest BCUT2D eigenvalue weighted by Crippen LogP contribution is -2.28. The topological polar surface area (TPSA) is 49.3 Å². The molecule has 112 valence electrons. The van der Waals surface area contributed by atoms with Crippen LogP contribution in [0.3, 0.4) is 0 Å². The second kappa shape index (κ2) is 6.70. The van der Waals surface area contributed by atoms with Crippen molar-refractivity contribution in [3.63, 3.8) is 0 Å². The molecular formula is C13H9Cl2F2NO2S. The lowest BCUT2D eigenvalue weighted by molar-refractivity contribution is 0.0916. The molecule has 0 aliphatic carbocycles. The molecule has 0 saturated heterocycles. The highest BCUT2D eigenvalue weighted by molar-refractivity contribution is 7.20. The average Bonchev–Trinajstić information content (AvgIpc) is 2.77. The Kier molecular flexibility index (Phi) is 5.16. The second-order valence-corrected chi connectivity index (χ2v) is 6.42. The number of amides is 1. The third kappa shape index (κ3) is 3.91. The summed E-state index contributed by atoms with van der Waals surface area (Å²) in [7, 11) is 0. The van der Waals surface area contributed by atoms with E-state index in [9.17, 15) is 18.7 Å². The largest absolute Gasteiger partial charge is 0.387 e. The summed E-state index contributed by atoms with van der Waals surface area (Å²) in [4.78, 5) is 11.8. The molecule has 3 nitrogen and oxygen atoms in total. The molecule has 1 aromatic carbocycles. The van der Waals surface area contributed by atoms with Crippen molar-refractivity contribution >= 4 is 40.4 Å². The van der Waals surface area contributed by atoms with Crippen LogP contribution < -0.4 is 5.32 Å². The van der Waals surface area contributed by atoms with E-state index in [-0.39, 0.29) is 22.0 Å². The van der Waals surface area contributed by atoms with Gasteiger partial charge in [0.1, 0.15) is 4.34 Å². The summed E-state index contributed by atoms with van der Waals surface area (Å²) in [6, 6.07) is 4.43. The van der Waals surface area contributed by atoms with Gasteiger partial charge in [-0.05, 0) is 23.8 Å². The van der Waals surface area contributed by atoms with Gasteiger partial charge in [-0.15, -0.1) is 11.3 Å². The molecule has 0 fully saturated rings. The van der Waals surface area contributed by atoms with Gasteiger partial charge in [-0.3, -0.25) is 4.79 Å². The number of nitrogens with one attached hydrogen (secondary N) is 1. The minimum absolute atomic E-state index is 0.156. The van der Waals surface area contributed by atoms with Gasteiger partial charge in [-0.1, -0.05) is 29.3 Å². The van der Waals surface area contributed by atoms with E-state index < -0.39 is 23.6 Å². The first-order valence-electron chi connectivity index (χ1n) is 5.74. The SMILES string of the molecule is O=C(NC[C@@H](O)c1ccc(F)c(F)c1)c1cc(Cl)sc1Cl. The molecule has 1 heterocycles. The Labute approximate surface area is 133 Å². The van der Waals surface area contributed by atoms with E-state index in [1.165, 1.54) is 12.1 Å². The molecule has 2 aromatic rings. The Bertz CT molecular complexity index is 678. The van der Waals surface area contributed by atoms with Crippen LogP contribution in [0.4, 0.5) is 8.78 Å². The molecule has 0 radical (unpaired) electrons. The zero-order valence-corrected chi connectivity index (χ0v) is 12.7. The third-order valence-electron chi connectivity index (χ3n) is 2.69. The van der Waals surface area contributed by atoms with Gasteiger partial charge in [-0.25, -0.2) is 8.78 Å². The number of carbonyl (C=O) groups is 1. The lowest BCUT2D eigenvalue weighted by Gasteiger charge is -2.12. The molecule has 2 N–H and O–H groups in total. The first-order valence-corrected chi connectivity index (χ1v) is 7.31. The maximum Gasteiger partial charge on any atom is 0.253 e. The number of hydrogen-bond acceptors (Lipinski definition) is 3. The monoisotopic (exact) mass is 351 g/mol. The fourth-order valence-corrected chi connectivity index (χ4v) is 3.08. The van der Waals surface area contributed by atoms with Crippen molar-refractivity contribution in [2.75, 3.05) is 6.54 Å². The van der Waals surface area contributed by atoms with Gasteiger partial charge in [0.25, 0.3) is 5.91 Å². The number of benzene rings is 1. The number of halogens is 4. The van der Waals surface area contributed by atoms with Gasteiger partial charge in [0.05, 0.1) is 16.0 Å². The van der Waals surface area contributed by atoms with Crippen molar-refractivity contribution in [3.05, 3.63) is 55.7 Å². The summed E-state index contributed by atoms with van der Waals surface area (Å²) >= 11 is 12.6. The Balaban J connectivity index is 2.00. The van der Waals surface area contributed by atoms with Crippen LogP contribution in [0.5, 0.6) is 0 Å². The van der Waals surface area contributed by atoms with Crippen LogP contribution in [0.15, 0.2) is 24.3 Å². The Morgan fingerprint density at radius 1 is 1.29 bits per heavy atom. The summed E-state index contributed by atoms with van der Waals surface area (Å²) < 4.78 is 26.4. The number of aliphatic hydroxyl groups excluding tert-OH is 1. The standard InChI is InChI=1S/C13H9Cl2F2NO2S/c14-11-4-7(12(15)21-11)13(20)18-5-10(19)6-1-2-8(16)9(17)3-6/h1-4,10,19H,5H2,(H,18,20)/t10-/m1/s1. The molecular weight excluding hydrogens is 343 g/mol. The zero-order chi connectivity index (χ0) is 15.6. The van der Waals surface area contributed by atoms with Crippen molar-refractivity contribution in [2.45, 2.75) is 6.10 Å². The van der Waals surface area contributed by atoms with Crippen molar-refractivity contribution in [1.82, 2.24) is 5.32 Å². The van der Waals surface area contributed by atoms with Crippen molar-refractivity contribution in [2.24, 2.45) is 0 Å². The molecule has 0 spiro atoms. The van der Waals surface area contributed by atoms with Gasteiger partial charge in [-0.2, -0.15) is 0 Å². The number of aliphatic hydroxyl groups is 1. The van der Waals surface area contributed by atoms with Crippen LogP contribution in [-0.4, -0.2) is 17.6 Å². The zero-order valence-electron chi connectivity index (χ0n) is 10.4. The summed E-state index contributed by atoms with van der Waals surface area (Å²) in [5, 5.41) is 12.3. The van der Waals surface area contributed by atoms with Crippen LogP contribution in [0.2, 0.25) is 8.67 Å². The van der Waals surface area contributed by atoms with E-state index in [1.54, 1.807) is 0 Å². The van der Waals surface area contributed by atoms with E-state index in [4.69, 9.17) is 23.2 Å². The summed E-state index contributed by atoms with van der Waals surface area (Å²) in [5.41, 5.74) is 0.354. The van der Waals surface area contributed by atoms with Crippen molar-refractivity contribution in [3.8, 4) is 0 Å². The van der Waals surface area contributed by atoms with Gasteiger partial charge in [0, 0.05) is 6.54 Å². The van der Waals surface area contributed by atoms with E-state index in [2.05, 4.69) is 5.32 Å². The molecule has 1 aromatic heterocycles. The third-order valence-corrected chi connectivity index (χ3v) is 4.17. The summed E-state index contributed by atoms with van der Waals surface area (Å²) in [5.74, 6) is -2.58. The normalized spacial score (nSPS) is 12.2. The highest BCUT2D eigenvalue weighted by Gasteiger charge is 2.16. The predicted octanol–water partition coefficient (Wildman–Crippen LogP) is 3.80. The Morgan fingerprint density at radius 3 is 2.57 bits per heavy atom. The second-order valence-electron chi connectivity index (χ2n) is 4.14. The first-order chi connectivity index (χ1) is 9.88. The smallest absolute Gasteiger partial charge is 0.253 e. The first kappa shape index (κ1) is 16.2. The Morgan fingerprint density at radius 2 is 2.00 bits per heavy atom. The lowest BCUT2D eigenvalue weighted by atomic mass is 10.1. The van der Waals surface area contributed by atoms with E-state index >= 15 is 0 Å². The van der Waals surface area contributed by atoms with E-state index in [0.29, 0.717) is 4.34 Å². The van der Waals surface area contributed by atoms with Gasteiger partial charge < -0.3 is 10.4 Å². The molecule has 0 unspecified atom stereocenters. The molecule has 8 heteroatoms. The van der Waals surface area contributed by atoms with Crippen LogP contribution in [0.1, 0.15) is 22.0 Å². The van der Waals surface area contributed by atoms with E-state index in [0.717, 1.165) is 23.5 Å². The maximum absolute atomic E-state index is 13.1. The van der Waals surface area contributed by atoms with E-state index in [1.807, 2.05) is 0 Å². The highest BCUT2D eigenvalue weighted by Crippen LogP contribution is 2.31. The quantitative estimate of drug-likeness (QED) is 0.880. The van der Waals surface area contributed by atoms with Crippen LogP contribution >= 0.6 is 34.5 Å². The summed E-state index contributed by atoms with van der Waals surface area (Å²) in [6.07, 6.45) is -1.17. The molecule has 1 amide bonds. The Hall–Kier alpha value is -1.21. The fraction of sp³-hybridized carbons (Fsp3) is 0.154. The predicted molar refractivity (Wildman–Crippen MR) is 78.0 cm³/mol. The van der Waals surface area contributed by atoms with Crippen LogP contribution in [0.25, 0.3) is 0 Å². The van der Waals surface area contributed by atoms with Crippen LogP contribution in [0, 0.1) is 11.6 Å². The maximum atomic E-state index is 13.1. The molecule has 0 aliphatic heterocycles. The van der Waals surface area contributed by atoms with Crippen molar-refractivity contribution in [1.29, 1.82) is 0 Å². The highest BCUT2D eigenvalue weighted by atomic mass is 35.5. The number of carbonyl (C=O) groups excluding carboxylic acids is 1. The summed E-state index contributed by atoms with van der Waals surface area (Å²) in [6.45, 7) is -0.173. The number of rotatable bonds is 4. The molecule has 0 aliphatic rings. The molecule has 1 atom stereocenters. The van der Waals surface area contributed by atoms with Gasteiger partial charge in [0.15, 0.2) is 11.6 Å². The molecule has 0 saturated carbocycles. The minimum atomic E-state index is -1.17. The average molecular weight is 352 g/mol. The number of thiophene rings is 1. The number of hydrogen-bond donors (Lipinski definition) is 2. The molecule has 21 heavy (non-hydrogen) atoms. The molecule has 0 bridgehead atoms. The minimum Gasteiger partial charge on any atom is -0.387 e. The van der Waals surface area contributed by atoms with Crippen LogP contribution in [-0.2, 0) is 0 Å². The van der Waals surface area contributed by atoms with Gasteiger partial charge >= 0.3 is 0 Å². The fourth-order valence-electron chi connectivity index (χ4n) is 1.62. The van der Waals surface area contributed by atoms with Crippen molar-refractivity contribution < 1.29 is 18.7 Å². The molecule has 2 rings (SSSR count). The van der Waals surface area contributed by atoms with Gasteiger partial charge in [0.2, 0.25) is 0 Å².